The van der Waals surface area contributed by atoms with Crippen LogP contribution < -0.4 is 10.1 Å². The molecule has 0 spiro atoms. The van der Waals surface area contributed by atoms with Gasteiger partial charge in [-0.3, -0.25) is 4.79 Å². The van der Waals surface area contributed by atoms with Gasteiger partial charge in [0, 0.05) is 12.1 Å². The number of hydrogen-bond donors (Lipinski definition) is 5. The number of hydrogen-bond acceptors (Lipinski definition) is 7. The quantitative estimate of drug-likeness (QED) is 0.463. The van der Waals surface area contributed by atoms with E-state index in [2.05, 4.69) is 5.32 Å². The molecular formula is C20H23NO7. The molecule has 5 N–H and O–H groups in total. The second-order valence-electron chi connectivity index (χ2n) is 6.51. The average molecular weight is 389 g/mol. The van der Waals surface area contributed by atoms with Crippen LogP contribution in [0.5, 0.6) is 5.75 Å². The smallest absolute Gasteiger partial charge is 0.251 e. The number of carbonyl (C=O) groups excluding carboxylic acids is 1. The van der Waals surface area contributed by atoms with Gasteiger partial charge in [0.2, 0.25) is 6.29 Å². The molecule has 2 aromatic rings. The Kier molecular flexibility index (Phi) is 6.61. The number of amides is 1. The maximum Gasteiger partial charge on any atom is 0.251 e. The van der Waals surface area contributed by atoms with Crippen molar-refractivity contribution in [2.75, 3.05) is 6.61 Å². The van der Waals surface area contributed by atoms with E-state index >= 15 is 0 Å². The molecule has 0 aliphatic carbocycles. The molecule has 0 radical (unpaired) electrons. The monoisotopic (exact) mass is 389 g/mol. The molecule has 1 aliphatic heterocycles. The van der Waals surface area contributed by atoms with E-state index in [0.29, 0.717) is 12.1 Å². The Morgan fingerprint density at radius 2 is 1.75 bits per heavy atom. The molecule has 1 saturated heterocycles. The fraction of sp³-hybridized carbons (Fsp3) is 0.350. The van der Waals surface area contributed by atoms with E-state index in [9.17, 15) is 25.2 Å². The van der Waals surface area contributed by atoms with Crippen molar-refractivity contribution in [1.82, 2.24) is 5.32 Å². The number of carbonyl (C=O) groups is 1. The second kappa shape index (κ2) is 9.13. The number of nitrogens with one attached hydrogen (secondary N) is 1. The molecule has 5 unspecified atom stereocenters. The zero-order valence-electron chi connectivity index (χ0n) is 15.0. The largest absolute Gasteiger partial charge is 0.462 e. The van der Waals surface area contributed by atoms with E-state index < -0.39 is 37.3 Å². The third-order valence-corrected chi connectivity index (χ3v) is 4.49. The Morgan fingerprint density at radius 1 is 1.00 bits per heavy atom. The average Bonchev–Trinajstić information content (AvgIpc) is 2.73. The lowest BCUT2D eigenvalue weighted by Crippen LogP contribution is -2.60. The summed E-state index contributed by atoms with van der Waals surface area (Å²) in [5.74, 6) is -0.0696. The molecule has 150 valence electrons. The lowest BCUT2D eigenvalue weighted by atomic mass is 9.99. The van der Waals surface area contributed by atoms with Gasteiger partial charge in [0.15, 0.2) is 0 Å². The summed E-state index contributed by atoms with van der Waals surface area (Å²) in [7, 11) is 0. The molecular weight excluding hydrogens is 366 g/mol. The SMILES string of the molecule is O=C(NCc1ccccc1)c1cccc(OC2OC(CO)C(O)C(O)C2O)c1. The second-order valence-corrected chi connectivity index (χ2v) is 6.51. The van der Waals surface area contributed by atoms with Gasteiger partial charge in [-0.05, 0) is 23.8 Å². The molecule has 28 heavy (non-hydrogen) atoms. The number of aliphatic hydroxyl groups excluding tert-OH is 4. The summed E-state index contributed by atoms with van der Waals surface area (Å²) in [6, 6.07) is 15.7. The Balaban J connectivity index is 1.65. The fourth-order valence-corrected chi connectivity index (χ4v) is 2.89. The van der Waals surface area contributed by atoms with Gasteiger partial charge in [-0.15, -0.1) is 0 Å². The van der Waals surface area contributed by atoms with Crippen LogP contribution in [0.3, 0.4) is 0 Å². The predicted molar refractivity (Wildman–Crippen MR) is 98.4 cm³/mol. The first-order valence-corrected chi connectivity index (χ1v) is 8.89. The standard InChI is InChI=1S/C20H23NO7/c22-11-15-16(23)17(24)18(25)20(28-15)27-14-8-4-7-13(9-14)19(26)21-10-12-5-2-1-3-6-12/h1-9,15-18,20,22-25H,10-11H2,(H,21,26). The summed E-state index contributed by atoms with van der Waals surface area (Å²) >= 11 is 0. The lowest BCUT2D eigenvalue weighted by Gasteiger charge is -2.39. The van der Waals surface area contributed by atoms with E-state index in [1.54, 1.807) is 18.2 Å². The van der Waals surface area contributed by atoms with Gasteiger partial charge >= 0.3 is 0 Å². The highest BCUT2D eigenvalue weighted by atomic mass is 16.7. The molecule has 1 heterocycles. The van der Waals surface area contributed by atoms with Crippen molar-refractivity contribution < 1.29 is 34.7 Å². The van der Waals surface area contributed by atoms with Crippen molar-refractivity contribution in [1.29, 1.82) is 0 Å². The minimum absolute atomic E-state index is 0.233. The van der Waals surface area contributed by atoms with E-state index in [1.165, 1.54) is 6.07 Å². The van der Waals surface area contributed by atoms with E-state index in [-0.39, 0.29) is 11.7 Å². The van der Waals surface area contributed by atoms with Crippen molar-refractivity contribution in [3.63, 3.8) is 0 Å². The molecule has 5 atom stereocenters. The first-order valence-electron chi connectivity index (χ1n) is 8.89. The molecule has 3 rings (SSSR count). The van der Waals surface area contributed by atoms with Gasteiger partial charge in [-0.1, -0.05) is 36.4 Å². The summed E-state index contributed by atoms with van der Waals surface area (Å²) in [5, 5.41) is 41.7. The van der Waals surface area contributed by atoms with Gasteiger partial charge in [0.1, 0.15) is 30.2 Å². The number of ether oxygens (including phenoxy) is 2. The Labute approximate surface area is 162 Å². The summed E-state index contributed by atoms with van der Waals surface area (Å²) < 4.78 is 10.8. The van der Waals surface area contributed by atoms with Crippen LogP contribution in [0.25, 0.3) is 0 Å². The van der Waals surface area contributed by atoms with Gasteiger partial charge < -0.3 is 35.2 Å². The Bertz CT molecular complexity index is 783. The normalized spacial score (nSPS) is 27.2. The predicted octanol–water partition coefficient (Wildman–Crippen LogP) is -0.205. The molecule has 2 aromatic carbocycles. The maximum absolute atomic E-state index is 12.4. The molecule has 1 aliphatic rings. The van der Waals surface area contributed by atoms with Gasteiger partial charge in [-0.25, -0.2) is 0 Å². The third-order valence-electron chi connectivity index (χ3n) is 4.49. The highest BCUT2D eigenvalue weighted by molar-refractivity contribution is 5.94. The maximum atomic E-state index is 12.4. The van der Waals surface area contributed by atoms with Crippen LogP contribution in [0.1, 0.15) is 15.9 Å². The zero-order valence-corrected chi connectivity index (χ0v) is 15.0. The Hall–Kier alpha value is -2.49. The molecule has 1 fully saturated rings. The van der Waals surface area contributed by atoms with E-state index in [4.69, 9.17) is 9.47 Å². The van der Waals surface area contributed by atoms with E-state index in [0.717, 1.165) is 5.56 Å². The van der Waals surface area contributed by atoms with Gasteiger partial charge in [-0.2, -0.15) is 0 Å². The first-order chi connectivity index (χ1) is 13.5. The fourth-order valence-electron chi connectivity index (χ4n) is 2.89. The van der Waals surface area contributed by atoms with Crippen LogP contribution in [-0.2, 0) is 11.3 Å². The minimum atomic E-state index is -1.53. The van der Waals surface area contributed by atoms with Crippen LogP contribution in [0.2, 0.25) is 0 Å². The summed E-state index contributed by atoms with van der Waals surface area (Å²) in [4.78, 5) is 12.4. The molecule has 8 heteroatoms. The topological polar surface area (TPSA) is 128 Å². The Morgan fingerprint density at radius 3 is 2.46 bits per heavy atom. The molecule has 0 saturated carbocycles. The molecule has 8 nitrogen and oxygen atoms in total. The van der Waals surface area contributed by atoms with Crippen LogP contribution >= 0.6 is 0 Å². The minimum Gasteiger partial charge on any atom is -0.462 e. The van der Waals surface area contributed by atoms with Crippen molar-refractivity contribution >= 4 is 5.91 Å². The number of rotatable bonds is 6. The van der Waals surface area contributed by atoms with Crippen LogP contribution in [0.15, 0.2) is 54.6 Å². The lowest BCUT2D eigenvalue weighted by molar-refractivity contribution is -0.277. The van der Waals surface area contributed by atoms with Crippen LogP contribution in [0.4, 0.5) is 0 Å². The van der Waals surface area contributed by atoms with Crippen molar-refractivity contribution in [3.05, 3.63) is 65.7 Å². The molecule has 1 amide bonds. The number of benzene rings is 2. The summed E-state index contributed by atoms with van der Waals surface area (Å²) in [5.41, 5.74) is 1.31. The third kappa shape index (κ3) is 4.67. The van der Waals surface area contributed by atoms with Crippen molar-refractivity contribution in [2.24, 2.45) is 0 Å². The van der Waals surface area contributed by atoms with Crippen molar-refractivity contribution in [2.45, 2.75) is 37.3 Å². The summed E-state index contributed by atoms with van der Waals surface area (Å²) in [6.45, 7) is -0.176. The zero-order chi connectivity index (χ0) is 20.1. The highest BCUT2D eigenvalue weighted by Crippen LogP contribution is 2.24. The van der Waals surface area contributed by atoms with Crippen LogP contribution in [-0.4, -0.2) is 63.6 Å². The van der Waals surface area contributed by atoms with Gasteiger partial charge in [0.25, 0.3) is 5.91 Å². The molecule has 0 bridgehead atoms. The van der Waals surface area contributed by atoms with Gasteiger partial charge in [0.05, 0.1) is 6.61 Å². The first kappa shape index (κ1) is 20.2. The molecule has 0 aromatic heterocycles. The van der Waals surface area contributed by atoms with E-state index in [1.807, 2.05) is 30.3 Å². The van der Waals surface area contributed by atoms with Crippen molar-refractivity contribution in [3.8, 4) is 5.75 Å². The summed E-state index contributed by atoms with van der Waals surface area (Å²) in [6.07, 6.45) is -6.89. The van der Waals surface area contributed by atoms with Crippen LogP contribution in [0, 0.1) is 0 Å². The number of aliphatic hydroxyl groups is 4. The highest BCUT2D eigenvalue weighted by Gasteiger charge is 2.44.